The largest absolute Gasteiger partial charge is 0.321 e. The van der Waals surface area contributed by atoms with Crippen molar-refractivity contribution in [2.24, 2.45) is 0 Å². The molecule has 4 aromatic rings. The van der Waals surface area contributed by atoms with Crippen LogP contribution >= 0.6 is 0 Å². The zero-order valence-corrected chi connectivity index (χ0v) is 14.9. The third-order valence-electron chi connectivity index (χ3n) is 4.20. The Kier molecular flexibility index (Phi) is 4.29. The quantitative estimate of drug-likeness (QED) is 0.435. The first-order valence-electron chi connectivity index (χ1n) is 8.51. The average molecular weight is 373 g/mol. The molecule has 0 amide bonds. The van der Waals surface area contributed by atoms with Crippen molar-refractivity contribution in [2.45, 2.75) is 6.92 Å². The number of aromatic amines is 1. The molecule has 138 valence electrons. The lowest BCUT2D eigenvalue weighted by Gasteiger charge is -2.10. The molecule has 0 unspecified atom stereocenters. The summed E-state index contributed by atoms with van der Waals surface area (Å²) in [4.78, 5) is 32.5. The van der Waals surface area contributed by atoms with Crippen LogP contribution in [-0.4, -0.2) is 24.7 Å². The number of hydrogen-bond acceptors (Lipinski definition) is 5. The minimum Gasteiger partial charge on any atom is -0.293 e. The van der Waals surface area contributed by atoms with Crippen molar-refractivity contribution < 1.29 is 4.92 Å². The number of H-pyrrole nitrogens is 1. The summed E-state index contributed by atoms with van der Waals surface area (Å²) in [6, 6.07) is 19.1. The van der Waals surface area contributed by atoms with Gasteiger partial charge >= 0.3 is 5.69 Å². The monoisotopic (exact) mass is 373 g/mol. The highest BCUT2D eigenvalue weighted by Gasteiger charge is 2.27. The average Bonchev–Trinajstić information content (AvgIpc) is 3.06. The second kappa shape index (κ2) is 6.92. The normalized spacial score (nSPS) is 10.8. The maximum atomic E-state index is 12.3. The first-order valence-corrected chi connectivity index (χ1v) is 8.51. The van der Waals surface area contributed by atoms with Gasteiger partial charge in [-0.3, -0.25) is 20.0 Å². The molecule has 0 bridgehead atoms. The van der Waals surface area contributed by atoms with Gasteiger partial charge in [0.2, 0.25) is 0 Å². The van der Waals surface area contributed by atoms with Gasteiger partial charge in [0.05, 0.1) is 4.92 Å². The van der Waals surface area contributed by atoms with Crippen LogP contribution in [0.1, 0.15) is 5.69 Å². The Morgan fingerprint density at radius 3 is 1.82 bits per heavy atom. The van der Waals surface area contributed by atoms with Crippen LogP contribution in [0.5, 0.6) is 0 Å². The van der Waals surface area contributed by atoms with Crippen LogP contribution in [0.4, 0.5) is 5.69 Å². The summed E-state index contributed by atoms with van der Waals surface area (Å²) >= 11 is 0. The maximum Gasteiger partial charge on any atom is 0.321 e. The van der Waals surface area contributed by atoms with E-state index in [9.17, 15) is 14.9 Å². The van der Waals surface area contributed by atoms with Crippen molar-refractivity contribution in [3.05, 3.63) is 92.9 Å². The SMILES string of the molecule is Cc1cc(=O)n(-c2nc(-c3ccccc3)c([N+](=O)[O-])c(-c3ccccc3)n2)[nH]1. The molecule has 28 heavy (non-hydrogen) atoms. The molecule has 0 atom stereocenters. The van der Waals surface area contributed by atoms with Crippen LogP contribution in [-0.2, 0) is 0 Å². The Labute approximate surface area is 159 Å². The van der Waals surface area contributed by atoms with Crippen molar-refractivity contribution >= 4 is 5.69 Å². The van der Waals surface area contributed by atoms with E-state index in [1.165, 1.54) is 10.7 Å². The molecule has 2 aromatic heterocycles. The number of benzene rings is 2. The van der Waals surface area contributed by atoms with Crippen LogP contribution in [0.3, 0.4) is 0 Å². The van der Waals surface area contributed by atoms with E-state index in [0.29, 0.717) is 16.8 Å². The van der Waals surface area contributed by atoms with Gasteiger partial charge in [-0.1, -0.05) is 60.7 Å². The molecule has 2 heterocycles. The van der Waals surface area contributed by atoms with E-state index in [1.807, 2.05) is 12.1 Å². The number of aromatic nitrogens is 4. The van der Waals surface area contributed by atoms with E-state index in [0.717, 1.165) is 0 Å². The molecule has 8 nitrogen and oxygen atoms in total. The molecular weight excluding hydrogens is 358 g/mol. The molecule has 0 fully saturated rings. The molecule has 0 saturated heterocycles. The van der Waals surface area contributed by atoms with E-state index in [1.54, 1.807) is 55.5 Å². The molecule has 0 aliphatic carbocycles. The summed E-state index contributed by atoms with van der Waals surface area (Å²) in [7, 11) is 0. The maximum absolute atomic E-state index is 12.3. The second-order valence-corrected chi connectivity index (χ2v) is 6.17. The van der Waals surface area contributed by atoms with Crippen LogP contribution < -0.4 is 5.56 Å². The van der Waals surface area contributed by atoms with Gasteiger partial charge in [0.1, 0.15) is 0 Å². The van der Waals surface area contributed by atoms with Crippen molar-refractivity contribution in [1.82, 2.24) is 19.7 Å². The number of nitrogens with zero attached hydrogens (tertiary/aromatic N) is 4. The highest BCUT2D eigenvalue weighted by molar-refractivity contribution is 5.81. The van der Waals surface area contributed by atoms with Gasteiger partial charge in [-0.25, -0.2) is 9.97 Å². The number of nitro groups is 1. The van der Waals surface area contributed by atoms with E-state index in [4.69, 9.17) is 0 Å². The molecule has 2 aromatic carbocycles. The highest BCUT2D eigenvalue weighted by atomic mass is 16.6. The van der Waals surface area contributed by atoms with Crippen molar-refractivity contribution in [1.29, 1.82) is 0 Å². The predicted molar refractivity (Wildman–Crippen MR) is 104 cm³/mol. The van der Waals surface area contributed by atoms with Gasteiger partial charge in [-0.15, -0.1) is 0 Å². The second-order valence-electron chi connectivity index (χ2n) is 6.17. The third-order valence-corrected chi connectivity index (χ3v) is 4.20. The third kappa shape index (κ3) is 3.07. The number of hydrogen-bond donors (Lipinski definition) is 1. The van der Waals surface area contributed by atoms with E-state index in [2.05, 4.69) is 15.1 Å². The Balaban J connectivity index is 2.09. The Morgan fingerprint density at radius 2 is 1.43 bits per heavy atom. The molecule has 8 heteroatoms. The lowest BCUT2D eigenvalue weighted by molar-refractivity contribution is -0.383. The number of aryl methyl sites for hydroxylation is 1. The van der Waals surface area contributed by atoms with Crippen LogP contribution in [0.2, 0.25) is 0 Å². The first-order chi connectivity index (χ1) is 13.5. The Morgan fingerprint density at radius 1 is 0.929 bits per heavy atom. The van der Waals surface area contributed by atoms with Gasteiger partial charge in [-0.2, -0.15) is 4.68 Å². The minimum atomic E-state index is -0.489. The van der Waals surface area contributed by atoms with E-state index < -0.39 is 4.92 Å². The Hall–Kier alpha value is -4.07. The lowest BCUT2D eigenvalue weighted by Crippen LogP contribution is -2.18. The highest BCUT2D eigenvalue weighted by Crippen LogP contribution is 2.36. The van der Waals surface area contributed by atoms with Crippen LogP contribution in [0, 0.1) is 17.0 Å². The minimum absolute atomic E-state index is 0.0430. The topological polar surface area (TPSA) is 107 Å². The summed E-state index contributed by atoms with van der Waals surface area (Å²) in [5.41, 5.74) is 1.50. The lowest BCUT2D eigenvalue weighted by atomic mass is 10.1. The fourth-order valence-corrected chi connectivity index (χ4v) is 2.97. The fraction of sp³-hybridized carbons (Fsp3) is 0.0500. The molecule has 0 aliphatic heterocycles. The van der Waals surface area contributed by atoms with E-state index >= 15 is 0 Å². The summed E-state index contributed by atoms with van der Waals surface area (Å²) in [6.45, 7) is 1.74. The van der Waals surface area contributed by atoms with Crippen LogP contribution in [0.15, 0.2) is 71.5 Å². The van der Waals surface area contributed by atoms with Gasteiger partial charge < -0.3 is 0 Å². The fourth-order valence-electron chi connectivity index (χ4n) is 2.97. The van der Waals surface area contributed by atoms with Gasteiger partial charge in [-0.05, 0) is 6.92 Å². The number of nitrogens with one attached hydrogen (secondary N) is 1. The zero-order valence-electron chi connectivity index (χ0n) is 14.9. The zero-order chi connectivity index (χ0) is 19.7. The predicted octanol–water partition coefficient (Wildman–Crippen LogP) is 3.51. The van der Waals surface area contributed by atoms with Gasteiger partial charge in [0.25, 0.3) is 11.5 Å². The van der Waals surface area contributed by atoms with Crippen molar-refractivity contribution in [3.63, 3.8) is 0 Å². The molecule has 0 saturated carbocycles. The molecule has 1 N–H and O–H groups in total. The van der Waals surface area contributed by atoms with Crippen molar-refractivity contribution in [3.8, 4) is 28.5 Å². The smallest absolute Gasteiger partial charge is 0.293 e. The van der Waals surface area contributed by atoms with E-state index in [-0.39, 0.29) is 28.6 Å². The molecule has 0 aliphatic rings. The summed E-state index contributed by atoms with van der Waals surface area (Å²) in [5.74, 6) is 0.0430. The first kappa shape index (κ1) is 17.3. The van der Waals surface area contributed by atoms with Crippen molar-refractivity contribution in [2.75, 3.05) is 0 Å². The van der Waals surface area contributed by atoms with Crippen LogP contribution in [0.25, 0.3) is 28.5 Å². The van der Waals surface area contributed by atoms with Gasteiger partial charge in [0, 0.05) is 22.9 Å². The van der Waals surface area contributed by atoms with Gasteiger partial charge in [0.15, 0.2) is 11.4 Å². The Bertz CT molecular complexity index is 1150. The summed E-state index contributed by atoms with van der Waals surface area (Å²) < 4.78 is 1.18. The molecule has 0 spiro atoms. The summed E-state index contributed by atoms with van der Waals surface area (Å²) in [5, 5.41) is 14.8. The standard InChI is InChI=1S/C20H15N5O3/c1-13-12-16(26)24(23-13)20-21-17(14-8-4-2-5-9-14)19(25(27)28)18(22-20)15-10-6-3-7-11-15/h2-12,23H,1H3. The molecule has 4 rings (SSSR count). The number of rotatable bonds is 4. The molecule has 0 radical (unpaired) electrons. The molecular formula is C20H15N5O3. The summed E-state index contributed by atoms with van der Waals surface area (Å²) in [6.07, 6.45) is 0.